The van der Waals surface area contributed by atoms with Crippen molar-refractivity contribution in [2.75, 3.05) is 0 Å². The van der Waals surface area contributed by atoms with Crippen molar-refractivity contribution < 1.29 is 28.8 Å². The molecule has 0 spiro atoms. The van der Waals surface area contributed by atoms with E-state index in [1.165, 1.54) is 95.9 Å². The molecule has 0 radical (unpaired) electrons. The molecule has 0 unspecified atom stereocenters. The van der Waals surface area contributed by atoms with E-state index in [-0.39, 0.29) is 9.76 Å². The summed E-state index contributed by atoms with van der Waals surface area (Å²) in [4.78, 5) is 0. The second kappa shape index (κ2) is 31.5. The summed E-state index contributed by atoms with van der Waals surface area (Å²) in [6.07, 6.45) is 19.9. The summed E-state index contributed by atoms with van der Waals surface area (Å²) in [5.74, 6) is 0. The summed E-state index contributed by atoms with van der Waals surface area (Å²) in [6, 6.07) is 1.30. The molecule has 0 aromatic heterocycles. The molecule has 188 valence electrons. The monoisotopic (exact) mass is 578 g/mol. The zero-order valence-electron chi connectivity index (χ0n) is 20.4. The second-order valence-electron chi connectivity index (χ2n) is 7.87. The lowest BCUT2D eigenvalue weighted by atomic mass is 10.0. The van der Waals surface area contributed by atoms with E-state index in [1.54, 1.807) is 0 Å². The predicted molar refractivity (Wildman–Crippen MR) is 152 cm³/mol. The maximum atomic E-state index is 5.78. The molecule has 0 saturated heterocycles. The van der Waals surface area contributed by atoms with E-state index in [2.05, 4.69) is 6.92 Å². The summed E-state index contributed by atoms with van der Waals surface area (Å²) >= 11 is 0. The molecule has 15 heteroatoms. The third-order valence-electron chi connectivity index (χ3n) is 4.93. The lowest BCUT2D eigenvalue weighted by Crippen LogP contribution is -2.20. The Kier molecular flexibility index (Phi) is 32.9. The molecule has 0 saturated carbocycles. The van der Waals surface area contributed by atoms with Crippen LogP contribution in [0.3, 0.4) is 0 Å². The van der Waals surface area contributed by atoms with Crippen LogP contribution in [0.4, 0.5) is 0 Å². The molecule has 0 rings (SSSR count). The average Bonchev–Trinajstić information content (AvgIpc) is 2.78. The maximum absolute atomic E-state index is 5.78. The minimum Gasteiger partial charge on any atom is -0.449 e. The molecule has 0 aliphatic carbocycles. The first-order valence-corrected chi connectivity index (χ1v) is 21.7. The number of unbranched alkanes of at least 4 members (excludes halogenated alkanes) is 13. The van der Waals surface area contributed by atoms with Gasteiger partial charge in [-0.05, 0) is 6.04 Å². The van der Waals surface area contributed by atoms with Gasteiger partial charge in [0.15, 0.2) is 0 Å². The van der Waals surface area contributed by atoms with Gasteiger partial charge in [-0.2, -0.15) is 0 Å². The Labute approximate surface area is 211 Å². The van der Waals surface area contributed by atoms with Crippen LogP contribution in [0.25, 0.3) is 0 Å². The molecular formula is C16H50O7Si8. The largest absolute Gasteiger partial charge is 0.449 e. The highest BCUT2D eigenvalue weighted by molar-refractivity contribution is 6.49. The predicted octanol–water partition coefficient (Wildman–Crippen LogP) is -1.64. The van der Waals surface area contributed by atoms with E-state index < -0.39 is 60.0 Å². The van der Waals surface area contributed by atoms with Crippen LogP contribution in [0.2, 0.25) is 6.04 Å². The summed E-state index contributed by atoms with van der Waals surface area (Å²) in [5.41, 5.74) is 0. The molecule has 0 atom stereocenters. The van der Waals surface area contributed by atoms with Crippen molar-refractivity contribution in [1.82, 2.24) is 0 Å². The van der Waals surface area contributed by atoms with E-state index in [0.29, 0.717) is 0 Å². The number of hydrogen-bond acceptors (Lipinski definition) is 7. The lowest BCUT2D eigenvalue weighted by Gasteiger charge is -2.08. The molecule has 31 heavy (non-hydrogen) atoms. The molecular weight excluding hydrogens is 529 g/mol. The summed E-state index contributed by atoms with van der Waals surface area (Å²) in [6.45, 7) is 2.29. The molecule has 0 heterocycles. The average molecular weight is 579 g/mol. The Morgan fingerprint density at radius 1 is 0.452 bits per heavy atom. The van der Waals surface area contributed by atoms with Crippen molar-refractivity contribution in [3.8, 4) is 0 Å². The third-order valence-corrected chi connectivity index (χ3v) is 15.1. The van der Waals surface area contributed by atoms with Crippen molar-refractivity contribution in [2.45, 2.75) is 103 Å². The van der Waals surface area contributed by atoms with Gasteiger partial charge in [-0.3, -0.25) is 0 Å². The molecule has 0 aliphatic heterocycles. The van der Waals surface area contributed by atoms with E-state index in [1.807, 2.05) is 0 Å². The second-order valence-corrected chi connectivity index (χ2v) is 22.5. The quantitative estimate of drug-likeness (QED) is 0.0815. The molecule has 0 aromatic rings. The van der Waals surface area contributed by atoms with Crippen molar-refractivity contribution in [2.24, 2.45) is 0 Å². The van der Waals surface area contributed by atoms with E-state index >= 15 is 0 Å². The van der Waals surface area contributed by atoms with E-state index in [9.17, 15) is 0 Å². The lowest BCUT2D eigenvalue weighted by molar-refractivity contribution is 0.372. The van der Waals surface area contributed by atoms with Gasteiger partial charge in [0.05, 0.1) is 0 Å². The van der Waals surface area contributed by atoms with Crippen molar-refractivity contribution in [1.29, 1.82) is 0 Å². The standard InChI is InChI=1S/C16H50O7Si8/c1-2-3-4-5-6-7-8-9-10-11-12-13-14-15-16-25-18-27-20-29-22-31-23-30-21-28-19-26-17-24/h2-16,25-31H2,1,24H3. The van der Waals surface area contributed by atoms with Crippen LogP contribution in [0.5, 0.6) is 0 Å². The first-order valence-electron chi connectivity index (χ1n) is 12.4. The molecule has 0 bridgehead atoms. The smallest absolute Gasteiger partial charge is 0.286 e. The highest BCUT2D eigenvalue weighted by Gasteiger charge is 1.97. The molecule has 7 nitrogen and oxygen atoms in total. The van der Waals surface area contributed by atoms with Gasteiger partial charge in [-0.25, -0.2) is 0 Å². The summed E-state index contributed by atoms with van der Waals surface area (Å²) < 4.78 is 38.1. The zero-order chi connectivity index (χ0) is 22.5. The van der Waals surface area contributed by atoms with Gasteiger partial charge in [-0.1, -0.05) is 96.8 Å². The minimum absolute atomic E-state index is 0.352. The van der Waals surface area contributed by atoms with Crippen LogP contribution in [0.1, 0.15) is 96.8 Å². The van der Waals surface area contributed by atoms with Crippen molar-refractivity contribution >= 4 is 80.3 Å². The highest BCUT2D eigenvalue weighted by Crippen LogP contribution is 2.13. The van der Waals surface area contributed by atoms with Gasteiger partial charge in [0, 0.05) is 0 Å². The first kappa shape index (κ1) is 32.5. The van der Waals surface area contributed by atoms with Gasteiger partial charge in [-0.15, -0.1) is 0 Å². The van der Waals surface area contributed by atoms with E-state index in [4.69, 9.17) is 28.8 Å². The third kappa shape index (κ3) is 31.5. The zero-order valence-corrected chi connectivity index (χ0v) is 32.3. The van der Waals surface area contributed by atoms with Crippen LogP contribution >= 0.6 is 0 Å². The van der Waals surface area contributed by atoms with E-state index in [0.717, 1.165) is 10.5 Å². The fraction of sp³-hybridized carbons (Fsp3) is 1.00. The Bertz CT molecular complexity index is 300. The normalized spacial score (nSPS) is 14.2. The van der Waals surface area contributed by atoms with Gasteiger partial charge in [0.25, 0.3) is 60.0 Å². The fourth-order valence-corrected chi connectivity index (χ4v) is 16.2. The number of hydrogen-bond donors (Lipinski definition) is 0. The van der Waals surface area contributed by atoms with Crippen LogP contribution in [-0.2, 0) is 28.8 Å². The van der Waals surface area contributed by atoms with Gasteiger partial charge >= 0.3 is 0 Å². The van der Waals surface area contributed by atoms with Gasteiger partial charge < -0.3 is 28.8 Å². The molecule has 0 aliphatic rings. The molecule has 0 aromatic carbocycles. The number of rotatable bonds is 28. The maximum Gasteiger partial charge on any atom is 0.286 e. The minimum atomic E-state index is -0.892. The van der Waals surface area contributed by atoms with Crippen molar-refractivity contribution in [3.05, 3.63) is 0 Å². The summed E-state index contributed by atoms with van der Waals surface area (Å²) in [7, 11) is -4.57. The summed E-state index contributed by atoms with van der Waals surface area (Å²) in [5, 5.41) is 0. The fourth-order valence-electron chi connectivity index (χ4n) is 3.18. The topological polar surface area (TPSA) is 64.6 Å². The van der Waals surface area contributed by atoms with Crippen LogP contribution in [0, 0.1) is 0 Å². The Balaban J connectivity index is 2.98. The Hall–Kier alpha value is 1.46. The van der Waals surface area contributed by atoms with Crippen LogP contribution in [0.15, 0.2) is 0 Å². The van der Waals surface area contributed by atoms with Gasteiger partial charge in [0.1, 0.15) is 20.2 Å². The molecule has 0 fully saturated rings. The SMILES string of the molecule is CCCCCCCCCCCCCCCC[SiH2]O[SiH2]O[SiH2]O[SiH2]O[SiH2]O[SiH2]O[SiH2]O[SiH3]. The van der Waals surface area contributed by atoms with Gasteiger partial charge in [0.2, 0.25) is 0 Å². The van der Waals surface area contributed by atoms with Crippen molar-refractivity contribution in [3.63, 3.8) is 0 Å². The highest BCUT2D eigenvalue weighted by atomic mass is 28.4. The molecule has 0 N–H and O–H groups in total. The Morgan fingerprint density at radius 2 is 0.806 bits per heavy atom. The first-order chi connectivity index (χ1) is 15.4. The van der Waals surface area contributed by atoms with Crippen LogP contribution in [-0.4, -0.2) is 80.3 Å². The van der Waals surface area contributed by atoms with Crippen LogP contribution < -0.4 is 0 Å². The molecule has 0 amide bonds. The Morgan fingerprint density at radius 3 is 1.23 bits per heavy atom.